The van der Waals surface area contributed by atoms with Crippen LogP contribution in [0, 0.1) is 59.9 Å². The van der Waals surface area contributed by atoms with Gasteiger partial charge in [-0.15, -0.1) is 11.3 Å². The molecule has 0 unspecified atom stereocenters. The van der Waals surface area contributed by atoms with Gasteiger partial charge in [-0.05, 0) is 211 Å². The first-order chi connectivity index (χ1) is 57.7. The Bertz CT molecular complexity index is 5770. The number of hydrogen-bond donors (Lipinski definition) is 4. The van der Waals surface area contributed by atoms with Crippen LogP contribution in [0.25, 0.3) is 22.4 Å². The summed E-state index contributed by atoms with van der Waals surface area (Å²) in [6.45, 7) is 7.34. The van der Waals surface area contributed by atoms with Gasteiger partial charge in [-0.1, -0.05) is 51.6 Å². The zero-order valence-corrected chi connectivity index (χ0v) is 70.3. The molecule has 12 fully saturated rings. The molecule has 4 N–H and O–H groups in total. The van der Waals surface area contributed by atoms with Crippen molar-refractivity contribution in [3.05, 3.63) is 203 Å². The van der Waals surface area contributed by atoms with Crippen LogP contribution in [0.1, 0.15) is 173 Å². The number of Topliss-reactive ketones (excluding diaryl/α,β-unsaturated/α-hetero) is 4. The van der Waals surface area contributed by atoms with Crippen LogP contribution in [0.4, 0.5) is 26.3 Å². The number of halogens is 10. The monoisotopic (exact) mass is 1780 g/mol. The second-order valence-corrected chi connectivity index (χ2v) is 36.9. The zero-order chi connectivity index (χ0) is 86.9. The fourth-order valence-electron chi connectivity index (χ4n) is 19.2. The van der Waals surface area contributed by atoms with Crippen molar-refractivity contribution in [2.45, 2.75) is 165 Å². The minimum Gasteiger partial charge on any atom is -0.486 e. The van der Waals surface area contributed by atoms with E-state index in [1.54, 1.807) is 60.5 Å². The second kappa shape index (κ2) is 33.2. The van der Waals surface area contributed by atoms with E-state index in [9.17, 15) is 64.7 Å². The van der Waals surface area contributed by atoms with Crippen LogP contribution in [0.15, 0.2) is 131 Å². The van der Waals surface area contributed by atoms with Gasteiger partial charge in [0.2, 0.25) is 11.5 Å². The molecule has 10 aromatic rings. The summed E-state index contributed by atoms with van der Waals surface area (Å²) in [4.78, 5) is 107. The number of rotatable bonds is 30. The van der Waals surface area contributed by atoms with Gasteiger partial charge in [0.05, 0.1) is 26.3 Å². The van der Waals surface area contributed by atoms with Gasteiger partial charge < -0.3 is 49.2 Å². The standard InChI is InChI=1S/C23H21ClN2O4.C22H20ClFN4O4.C21H23ClFN3O3.C20H17ClF4N2O3S/c1-14-6-17(3-4-18(14)24)29-9-16(27)8-22-10-23(11-22,12-22)26-21(28)15-2-5-19-20(7-15)30-13-25-19;1-28-8-13(7-25-28)17-5-19(32-27-17)18(29)6-21-10-22(11-21,12-21)26-20(30)9-31-14-2-3-15(23)16(24)4-14;1-3-26-13(2)6-17(25-26)18(27)8-20-10-21(11-20,12-20)24-19(28)9-29-14-4-5-15(22)16(23)7-14;1-10-26-17(20(23,24)25)16(31-10)14(28)5-18-7-19(8-18,9-18)27-15(29)6-30-11-2-3-12(21)13(22)4-11/h2-7,13H,8-12H2,1H3,(H,26,28);2-5,7-8H,6,9-12H2,1H3,(H,26,30);4-7H,3,8-12H2,1-2H3,(H,24,28);2-4H,5-9H2,1H3,(H,27,29). The first-order valence-electron chi connectivity index (χ1n) is 39.1. The van der Waals surface area contributed by atoms with Crippen molar-refractivity contribution >= 4 is 116 Å². The third-order valence-electron chi connectivity index (χ3n) is 23.8. The van der Waals surface area contributed by atoms with E-state index in [0.29, 0.717) is 71.8 Å². The maximum Gasteiger partial charge on any atom is 0.434 e. The third-order valence-corrected chi connectivity index (χ3v) is 26.2. The number of oxazole rings is 1. The third kappa shape index (κ3) is 18.6. The summed E-state index contributed by atoms with van der Waals surface area (Å²) in [5.74, 6) is -1.88. The van der Waals surface area contributed by atoms with Gasteiger partial charge >= 0.3 is 6.18 Å². The number of nitrogens with zero attached hydrogens (tertiary/aromatic N) is 7. The molecule has 36 heteroatoms. The molecule has 22 rings (SSSR count). The average molecular weight is 1780 g/mol. The van der Waals surface area contributed by atoms with Crippen molar-refractivity contribution < 1.29 is 92.6 Å². The SMILES string of the molecule is CCn1nc(C(=O)CC23CC(NC(=O)COc4ccc(Cl)c(F)c4)(C2)C3)cc1C.Cc1cc(OCC(=O)CC23CC(NC(=O)c4ccc5ncoc5c4)(C2)C3)ccc1Cl.Cc1nc(C(F)(F)F)c(C(=O)CC23CC(NC(=O)COc4ccc(Cl)c(F)c4)(C2)C3)s1.Cn1cc(-c2cc(C(=O)CC34CC(NC(=O)COc5ccc(Cl)c(F)c5)(C3)C4)on2)cn1. The molecular formula is C86H81Cl4F6N11O14S. The van der Waals surface area contributed by atoms with Gasteiger partial charge in [0.15, 0.2) is 54.8 Å². The van der Waals surface area contributed by atoms with Crippen LogP contribution in [0.5, 0.6) is 23.0 Å². The van der Waals surface area contributed by atoms with Gasteiger partial charge in [0.1, 0.15) is 68.8 Å². The van der Waals surface area contributed by atoms with E-state index in [1.807, 2.05) is 37.6 Å². The van der Waals surface area contributed by atoms with E-state index in [4.69, 9.17) is 74.3 Å². The number of alkyl halides is 3. The lowest BCUT2D eigenvalue weighted by atomic mass is 9.38. The van der Waals surface area contributed by atoms with E-state index in [0.717, 1.165) is 116 Å². The number of nitrogens with one attached hydrogen (secondary N) is 4. The predicted octanol–water partition coefficient (Wildman–Crippen LogP) is 16.7. The highest BCUT2D eigenvalue weighted by atomic mass is 35.5. The Morgan fingerprint density at radius 3 is 1.47 bits per heavy atom. The topological polar surface area (TPSA) is 322 Å². The molecule has 0 spiro atoms. The minimum absolute atomic E-state index is 0.00408. The number of aromatic nitrogens is 7. The minimum atomic E-state index is -4.67. The number of carbonyl (C=O) groups is 8. The van der Waals surface area contributed by atoms with E-state index < -0.39 is 46.6 Å². The first-order valence-corrected chi connectivity index (χ1v) is 41.4. The van der Waals surface area contributed by atoms with E-state index >= 15 is 0 Å². The fourth-order valence-corrected chi connectivity index (χ4v) is 20.6. The van der Waals surface area contributed by atoms with Gasteiger partial charge in [-0.25, -0.2) is 23.1 Å². The van der Waals surface area contributed by atoms with Crippen molar-refractivity contribution in [2.24, 2.45) is 28.7 Å². The van der Waals surface area contributed by atoms with Gasteiger partial charge in [-0.3, -0.25) is 47.7 Å². The lowest BCUT2D eigenvalue weighted by Gasteiger charge is -2.70. The van der Waals surface area contributed by atoms with Gasteiger partial charge in [0.25, 0.3) is 23.6 Å². The van der Waals surface area contributed by atoms with Crippen LogP contribution < -0.4 is 40.2 Å². The maximum absolute atomic E-state index is 13.4. The quantitative estimate of drug-likeness (QED) is 0.0240. The van der Waals surface area contributed by atoms with Crippen LogP contribution in [0.3, 0.4) is 0 Å². The smallest absolute Gasteiger partial charge is 0.434 e. The molecule has 5 heterocycles. The molecule has 12 saturated carbocycles. The predicted molar refractivity (Wildman–Crippen MR) is 434 cm³/mol. The molecule has 122 heavy (non-hydrogen) atoms. The summed E-state index contributed by atoms with van der Waals surface area (Å²) in [5.41, 5.74) is 2.90. The number of ether oxygens (including phenoxy) is 4. The Hall–Kier alpha value is -10.7. The Kier molecular flexibility index (Phi) is 23.5. The number of amides is 4. The highest BCUT2D eigenvalue weighted by Gasteiger charge is 2.71. The maximum atomic E-state index is 13.4. The largest absolute Gasteiger partial charge is 0.486 e. The van der Waals surface area contributed by atoms with E-state index in [2.05, 4.69) is 46.6 Å². The summed E-state index contributed by atoms with van der Waals surface area (Å²) >= 11 is 23.6. The molecule has 5 aromatic heterocycles. The van der Waals surface area contributed by atoms with Crippen LogP contribution in [-0.2, 0) is 38.9 Å². The van der Waals surface area contributed by atoms with Gasteiger partial charge in [0, 0.05) is 114 Å². The summed E-state index contributed by atoms with van der Waals surface area (Å²) in [6.07, 6.45) is 10.1. The summed E-state index contributed by atoms with van der Waals surface area (Å²) < 4.78 is 115. The molecular weight excluding hydrogens is 1700 g/mol. The molecule has 12 aliphatic carbocycles. The van der Waals surface area contributed by atoms with Crippen molar-refractivity contribution in [1.82, 2.24) is 56.0 Å². The van der Waals surface area contributed by atoms with E-state index in [1.165, 1.54) is 49.7 Å². The number of ketones is 4. The number of carbonyl (C=O) groups excluding carboxylic acids is 8. The molecule has 8 bridgehead atoms. The van der Waals surface area contributed by atoms with Crippen molar-refractivity contribution in [3.63, 3.8) is 0 Å². The van der Waals surface area contributed by atoms with Crippen LogP contribution in [0.2, 0.25) is 20.1 Å². The lowest BCUT2D eigenvalue weighted by Crippen LogP contribution is -2.75. The number of fused-ring (bicyclic) bond motifs is 1. The van der Waals surface area contributed by atoms with Crippen LogP contribution in [-0.4, -0.2) is 130 Å². The molecule has 0 radical (unpaired) electrons. The Labute approximate surface area is 717 Å². The zero-order valence-electron chi connectivity index (χ0n) is 66.4. The molecule has 0 saturated heterocycles. The summed E-state index contributed by atoms with van der Waals surface area (Å²) in [6, 6.07) is 26.0. The molecule has 640 valence electrons. The van der Waals surface area contributed by atoms with Crippen molar-refractivity contribution in [2.75, 3.05) is 26.4 Å². The Morgan fingerprint density at radius 1 is 0.549 bits per heavy atom. The average Bonchev–Trinajstić information content (AvgIpc) is 0.975. The second-order valence-electron chi connectivity index (χ2n) is 34.1. The Balaban J connectivity index is 0.000000126. The van der Waals surface area contributed by atoms with Gasteiger partial charge in [-0.2, -0.15) is 23.4 Å². The summed E-state index contributed by atoms with van der Waals surface area (Å²) in [7, 11) is 1.80. The first kappa shape index (κ1) is 86.3. The van der Waals surface area contributed by atoms with Crippen LogP contribution >= 0.6 is 57.7 Å². The molecule has 25 nitrogen and oxygen atoms in total. The highest BCUT2D eigenvalue weighted by molar-refractivity contribution is 7.13. The normalized spacial score (nSPS) is 24.0. The number of benzene rings is 5. The molecule has 4 amide bonds. The Morgan fingerprint density at radius 2 is 1.01 bits per heavy atom. The molecule has 12 aliphatic rings. The fraction of sp³-hybridized carbons (Fsp3) is 0.407. The summed E-state index contributed by atoms with van der Waals surface area (Å²) in [5, 5.41) is 25.2. The molecule has 5 aromatic carbocycles. The molecule has 0 atom stereocenters. The van der Waals surface area contributed by atoms with Crippen molar-refractivity contribution in [3.8, 4) is 34.3 Å². The lowest BCUT2D eigenvalue weighted by molar-refractivity contribution is -0.165. The van der Waals surface area contributed by atoms with Crippen molar-refractivity contribution in [1.29, 1.82) is 0 Å². The molecule has 0 aliphatic heterocycles. The number of aryl methyl sites for hydroxylation is 5. The highest BCUT2D eigenvalue weighted by Crippen LogP contribution is 2.72. The van der Waals surface area contributed by atoms with E-state index in [-0.39, 0.29) is 154 Å². The number of hydrogen-bond acceptors (Lipinski definition) is 20. The number of thiazole rings is 1.